The molecular weight excluding hydrogens is 232 g/mol. The number of rotatable bonds is 6. The topological polar surface area (TPSA) is 63.6 Å². The van der Waals surface area contributed by atoms with Gasteiger partial charge in [0.25, 0.3) is 0 Å². The number of aliphatic carboxylic acids is 1. The molecule has 1 N–H and O–H groups in total. The Morgan fingerprint density at radius 3 is 2.17 bits per heavy atom. The van der Waals surface area contributed by atoms with E-state index >= 15 is 0 Å². The Labute approximate surface area is 107 Å². The van der Waals surface area contributed by atoms with Gasteiger partial charge in [0.05, 0.1) is 13.0 Å². The number of hydrogen-bond acceptors (Lipinski definition) is 3. The summed E-state index contributed by atoms with van der Waals surface area (Å²) in [5, 5.41) is 8.56. The molecule has 0 spiro atoms. The van der Waals surface area contributed by atoms with Crippen LogP contribution in [0, 0.1) is 13.8 Å². The third kappa shape index (κ3) is 3.58. The molecular formula is C14H18O4. The van der Waals surface area contributed by atoms with Gasteiger partial charge in [0, 0.05) is 12.0 Å². The highest BCUT2D eigenvalue weighted by atomic mass is 16.5. The zero-order valence-corrected chi connectivity index (χ0v) is 10.9. The van der Waals surface area contributed by atoms with Crippen LogP contribution >= 0.6 is 0 Å². The lowest BCUT2D eigenvalue weighted by atomic mass is 10.0. The van der Waals surface area contributed by atoms with Gasteiger partial charge in [-0.25, -0.2) is 0 Å². The molecule has 0 aliphatic rings. The van der Waals surface area contributed by atoms with Crippen LogP contribution < -0.4 is 4.74 Å². The average Bonchev–Trinajstić information content (AvgIpc) is 2.30. The van der Waals surface area contributed by atoms with E-state index in [0.29, 0.717) is 12.2 Å². The van der Waals surface area contributed by atoms with E-state index in [2.05, 4.69) is 0 Å². The maximum absolute atomic E-state index is 11.8. The first-order chi connectivity index (χ1) is 8.45. The number of ketones is 1. The lowest BCUT2D eigenvalue weighted by Gasteiger charge is -2.12. The van der Waals surface area contributed by atoms with Crippen molar-refractivity contribution in [3.8, 4) is 5.75 Å². The van der Waals surface area contributed by atoms with E-state index in [1.807, 2.05) is 20.8 Å². The fourth-order valence-corrected chi connectivity index (χ4v) is 1.85. The predicted molar refractivity (Wildman–Crippen MR) is 68.3 cm³/mol. The zero-order chi connectivity index (χ0) is 13.7. The van der Waals surface area contributed by atoms with Gasteiger partial charge in [-0.1, -0.05) is 0 Å². The van der Waals surface area contributed by atoms with Crippen molar-refractivity contribution in [1.82, 2.24) is 0 Å². The highest BCUT2D eigenvalue weighted by Crippen LogP contribution is 2.25. The molecule has 0 unspecified atom stereocenters. The number of benzene rings is 1. The van der Waals surface area contributed by atoms with E-state index < -0.39 is 5.97 Å². The van der Waals surface area contributed by atoms with E-state index in [4.69, 9.17) is 9.84 Å². The maximum atomic E-state index is 11.8. The molecule has 0 saturated heterocycles. The lowest BCUT2D eigenvalue weighted by Crippen LogP contribution is -2.06. The molecule has 18 heavy (non-hydrogen) atoms. The van der Waals surface area contributed by atoms with Crippen LogP contribution in [0.4, 0.5) is 0 Å². The van der Waals surface area contributed by atoms with E-state index in [1.165, 1.54) is 0 Å². The number of carbonyl (C=O) groups is 2. The van der Waals surface area contributed by atoms with E-state index in [9.17, 15) is 9.59 Å². The standard InChI is InChI=1S/C14H18O4/c1-4-18-14-9(2)7-11(8-10(14)3)12(15)5-6-13(16)17/h7-8H,4-6H2,1-3H3,(H,16,17). The van der Waals surface area contributed by atoms with Crippen LogP contribution in [0.5, 0.6) is 5.75 Å². The van der Waals surface area contributed by atoms with Crippen molar-refractivity contribution >= 4 is 11.8 Å². The first-order valence-corrected chi connectivity index (χ1v) is 5.94. The van der Waals surface area contributed by atoms with Crippen molar-refractivity contribution in [3.05, 3.63) is 28.8 Å². The highest BCUT2D eigenvalue weighted by Gasteiger charge is 2.12. The predicted octanol–water partition coefficient (Wildman–Crippen LogP) is 2.75. The lowest BCUT2D eigenvalue weighted by molar-refractivity contribution is -0.136. The quantitative estimate of drug-likeness (QED) is 0.788. The van der Waals surface area contributed by atoms with Gasteiger partial charge in [-0.3, -0.25) is 9.59 Å². The second kappa shape index (κ2) is 6.19. The van der Waals surface area contributed by atoms with E-state index in [0.717, 1.165) is 16.9 Å². The van der Waals surface area contributed by atoms with Crippen molar-refractivity contribution in [2.45, 2.75) is 33.6 Å². The number of hydrogen-bond donors (Lipinski definition) is 1. The summed E-state index contributed by atoms with van der Waals surface area (Å²) in [4.78, 5) is 22.3. The summed E-state index contributed by atoms with van der Waals surface area (Å²) in [6.07, 6.45) is -0.105. The number of ether oxygens (including phenoxy) is 1. The molecule has 0 aromatic heterocycles. The molecule has 1 rings (SSSR count). The van der Waals surface area contributed by atoms with Gasteiger partial charge in [-0.15, -0.1) is 0 Å². The van der Waals surface area contributed by atoms with Gasteiger partial charge < -0.3 is 9.84 Å². The Kier molecular flexibility index (Phi) is 4.89. The van der Waals surface area contributed by atoms with Crippen molar-refractivity contribution in [2.24, 2.45) is 0 Å². The van der Waals surface area contributed by atoms with Crippen LogP contribution in [0.15, 0.2) is 12.1 Å². The minimum absolute atomic E-state index is 0.0300. The van der Waals surface area contributed by atoms with Crippen LogP contribution in [0.3, 0.4) is 0 Å². The van der Waals surface area contributed by atoms with Gasteiger partial charge in [0.2, 0.25) is 0 Å². The molecule has 0 atom stereocenters. The average molecular weight is 250 g/mol. The molecule has 0 heterocycles. The fourth-order valence-electron chi connectivity index (χ4n) is 1.85. The molecule has 0 amide bonds. The first-order valence-electron chi connectivity index (χ1n) is 5.94. The molecule has 0 aliphatic carbocycles. The fraction of sp³-hybridized carbons (Fsp3) is 0.429. The van der Waals surface area contributed by atoms with Gasteiger partial charge in [-0.05, 0) is 44.0 Å². The summed E-state index contributed by atoms with van der Waals surface area (Å²) in [6.45, 7) is 6.25. The molecule has 0 saturated carbocycles. The largest absolute Gasteiger partial charge is 0.493 e. The molecule has 1 aromatic carbocycles. The minimum Gasteiger partial charge on any atom is -0.493 e. The zero-order valence-electron chi connectivity index (χ0n) is 10.9. The van der Waals surface area contributed by atoms with Crippen molar-refractivity contribution < 1.29 is 19.4 Å². The number of carbonyl (C=O) groups excluding carboxylic acids is 1. The number of Topliss-reactive ketones (excluding diaryl/α,β-unsaturated/α-hetero) is 1. The molecule has 98 valence electrons. The normalized spacial score (nSPS) is 10.2. The molecule has 0 radical (unpaired) electrons. The van der Waals surface area contributed by atoms with Crippen LogP contribution in [-0.4, -0.2) is 23.5 Å². The third-order valence-corrected chi connectivity index (χ3v) is 2.64. The summed E-state index contributed by atoms with van der Waals surface area (Å²) in [6, 6.07) is 3.50. The summed E-state index contributed by atoms with van der Waals surface area (Å²) >= 11 is 0. The van der Waals surface area contributed by atoms with Gasteiger partial charge >= 0.3 is 5.97 Å². The van der Waals surface area contributed by atoms with Crippen LogP contribution in [0.2, 0.25) is 0 Å². The summed E-state index contributed by atoms with van der Waals surface area (Å²) in [5.41, 5.74) is 2.35. The molecule has 1 aromatic rings. The van der Waals surface area contributed by atoms with Gasteiger partial charge in [-0.2, -0.15) is 0 Å². The SMILES string of the molecule is CCOc1c(C)cc(C(=O)CCC(=O)O)cc1C. The summed E-state index contributed by atoms with van der Waals surface area (Å²) in [5.74, 6) is -0.304. The smallest absolute Gasteiger partial charge is 0.303 e. The van der Waals surface area contributed by atoms with Crippen molar-refractivity contribution in [1.29, 1.82) is 0 Å². The molecule has 0 bridgehead atoms. The Balaban J connectivity index is 2.91. The summed E-state index contributed by atoms with van der Waals surface area (Å²) < 4.78 is 5.49. The molecule has 4 nitrogen and oxygen atoms in total. The number of carboxylic acids is 1. The van der Waals surface area contributed by atoms with Crippen molar-refractivity contribution in [2.75, 3.05) is 6.61 Å². The second-order valence-corrected chi connectivity index (χ2v) is 4.19. The highest BCUT2D eigenvalue weighted by molar-refractivity contribution is 5.98. The Morgan fingerprint density at radius 2 is 1.72 bits per heavy atom. The Hall–Kier alpha value is -1.84. The monoisotopic (exact) mass is 250 g/mol. The number of carboxylic acid groups (broad SMARTS) is 1. The molecule has 0 aliphatic heterocycles. The van der Waals surface area contributed by atoms with Gasteiger partial charge in [0.15, 0.2) is 5.78 Å². The number of aryl methyl sites for hydroxylation is 2. The third-order valence-electron chi connectivity index (χ3n) is 2.64. The first kappa shape index (κ1) is 14.2. The Morgan fingerprint density at radius 1 is 1.17 bits per heavy atom. The second-order valence-electron chi connectivity index (χ2n) is 4.19. The van der Waals surface area contributed by atoms with Crippen LogP contribution in [-0.2, 0) is 4.79 Å². The van der Waals surface area contributed by atoms with Crippen LogP contribution in [0.25, 0.3) is 0 Å². The van der Waals surface area contributed by atoms with E-state index in [1.54, 1.807) is 12.1 Å². The van der Waals surface area contributed by atoms with E-state index in [-0.39, 0.29) is 18.6 Å². The maximum Gasteiger partial charge on any atom is 0.303 e. The Bertz CT molecular complexity index is 440. The molecule has 4 heteroatoms. The van der Waals surface area contributed by atoms with Crippen molar-refractivity contribution in [3.63, 3.8) is 0 Å². The minimum atomic E-state index is -0.956. The molecule has 0 fully saturated rings. The summed E-state index contributed by atoms with van der Waals surface area (Å²) in [7, 11) is 0. The van der Waals surface area contributed by atoms with Crippen LogP contribution in [0.1, 0.15) is 41.3 Å². The van der Waals surface area contributed by atoms with Gasteiger partial charge in [0.1, 0.15) is 5.75 Å².